The minimum absolute atomic E-state index is 0.435. The molecule has 1 saturated heterocycles. The minimum atomic E-state index is -4.35. The van der Waals surface area contributed by atoms with Crippen molar-refractivity contribution >= 4 is 11.8 Å². The second kappa shape index (κ2) is 5.46. The molecule has 1 amide bonds. The smallest absolute Gasteiger partial charge is 0.416 e. The molecule has 7 heteroatoms. The van der Waals surface area contributed by atoms with Crippen molar-refractivity contribution in [1.29, 1.82) is 0 Å². The summed E-state index contributed by atoms with van der Waals surface area (Å²) >= 11 is 0. The second-order valence-corrected chi connectivity index (χ2v) is 5.56. The van der Waals surface area contributed by atoms with E-state index in [1.807, 2.05) is 4.90 Å². The van der Waals surface area contributed by atoms with Crippen molar-refractivity contribution in [3.8, 4) is 0 Å². The molecule has 1 unspecified atom stereocenters. The molecule has 1 aliphatic heterocycles. The summed E-state index contributed by atoms with van der Waals surface area (Å²) in [7, 11) is 0. The first-order chi connectivity index (χ1) is 9.70. The summed E-state index contributed by atoms with van der Waals surface area (Å²) in [6.07, 6.45) is -3.96. The van der Waals surface area contributed by atoms with Gasteiger partial charge in [0.2, 0.25) is 0 Å². The molecule has 1 aromatic carbocycles. The van der Waals surface area contributed by atoms with Gasteiger partial charge in [-0.05, 0) is 44.0 Å². The van der Waals surface area contributed by atoms with Gasteiger partial charge in [0, 0.05) is 18.8 Å². The Balaban J connectivity index is 2.13. The van der Waals surface area contributed by atoms with Gasteiger partial charge < -0.3 is 15.3 Å². The van der Waals surface area contributed by atoms with Gasteiger partial charge in [-0.3, -0.25) is 0 Å². The number of carbonyl (C=O) groups is 1. The Morgan fingerprint density at radius 2 is 1.95 bits per heavy atom. The monoisotopic (exact) mass is 302 g/mol. The third-order valence-electron chi connectivity index (χ3n) is 3.66. The molecule has 1 aromatic rings. The molecule has 0 aromatic heterocycles. The van der Waals surface area contributed by atoms with Crippen LogP contribution in [0.1, 0.15) is 25.3 Å². The highest BCUT2D eigenvalue weighted by Crippen LogP contribution is 2.32. The van der Waals surface area contributed by atoms with Gasteiger partial charge in [0.05, 0.1) is 11.1 Å². The van der Waals surface area contributed by atoms with E-state index in [1.165, 1.54) is 12.1 Å². The van der Waals surface area contributed by atoms with Crippen molar-refractivity contribution < 1.29 is 23.1 Å². The summed E-state index contributed by atoms with van der Waals surface area (Å²) in [5.41, 5.74) is -0.608. The molecular formula is C14H17F3N2O2. The number of amides is 1. The highest BCUT2D eigenvalue weighted by atomic mass is 19.4. The van der Waals surface area contributed by atoms with Crippen LogP contribution in [0.5, 0.6) is 0 Å². The summed E-state index contributed by atoms with van der Waals surface area (Å²) in [6, 6.07) is 4.95. The maximum absolute atomic E-state index is 12.5. The van der Waals surface area contributed by atoms with Gasteiger partial charge in [-0.1, -0.05) is 0 Å². The van der Waals surface area contributed by atoms with Gasteiger partial charge in [-0.25, -0.2) is 4.79 Å². The van der Waals surface area contributed by atoms with Crippen molar-refractivity contribution in [3.05, 3.63) is 29.8 Å². The quantitative estimate of drug-likeness (QED) is 0.881. The Bertz CT molecular complexity index is 516. The number of nitrogens with zero attached hydrogens (tertiary/aromatic N) is 1. The molecule has 4 nitrogen and oxygen atoms in total. The summed E-state index contributed by atoms with van der Waals surface area (Å²) in [6.45, 7) is 2.93. The Morgan fingerprint density at radius 3 is 2.48 bits per heavy atom. The van der Waals surface area contributed by atoms with E-state index < -0.39 is 23.4 Å². The van der Waals surface area contributed by atoms with Crippen LogP contribution in [0.25, 0.3) is 0 Å². The van der Waals surface area contributed by atoms with Gasteiger partial charge in [-0.2, -0.15) is 13.2 Å². The third kappa shape index (κ3) is 3.80. The lowest BCUT2D eigenvalue weighted by atomic mass is 9.91. The maximum Gasteiger partial charge on any atom is 0.416 e. The first-order valence-electron chi connectivity index (χ1n) is 6.63. The van der Waals surface area contributed by atoms with Crippen LogP contribution in [0, 0.1) is 0 Å². The average molecular weight is 302 g/mol. The lowest BCUT2D eigenvalue weighted by molar-refractivity contribution is -0.137. The second-order valence-electron chi connectivity index (χ2n) is 5.56. The number of hydrogen-bond donors (Lipinski definition) is 2. The van der Waals surface area contributed by atoms with Crippen LogP contribution in [0.2, 0.25) is 0 Å². The van der Waals surface area contributed by atoms with E-state index in [-0.39, 0.29) is 0 Å². The van der Waals surface area contributed by atoms with E-state index in [4.69, 9.17) is 5.11 Å². The first kappa shape index (κ1) is 15.5. The zero-order chi connectivity index (χ0) is 15.7. The number of piperidine rings is 1. The number of anilines is 1. The number of rotatable bonds is 2. The summed E-state index contributed by atoms with van der Waals surface area (Å²) in [4.78, 5) is 12.7. The van der Waals surface area contributed by atoms with Crippen LogP contribution in [0.3, 0.4) is 0 Å². The fraction of sp³-hybridized carbons (Fsp3) is 0.500. The zero-order valence-corrected chi connectivity index (χ0v) is 11.6. The van der Waals surface area contributed by atoms with E-state index >= 15 is 0 Å². The first-order valence-corrected chi connectivity index (χ1v) is 6.63. The number of carboxylic acid groups (broad SMARTS) is 1. The summed E-state index contributed by atoms with van der Waals surface area (Å²) in [5, 5.41) is 11.3. The van der Waals surface area contributed by atoms with Crippen LogP contribution in [0.4, 0.5) is 23.7 Å². The molecule has 0 saturated carbocycles. The molecule has 0 radical (unpaired) electrons. The van der Waals surface area contributed by atoms with Gasteiger partial charge in [-0.15, -0.1) is 0 Å². The standard InChI is InChI=1S/C14H17F3N2O2/c1-13(18-12(20)21)7-2-8-19(9-13)11-5-3-10(4-6-11)14(15,16)17/h3-6,18H,2,7-9H2,1H3,(H,20,21). The average Bonchev–Trinajstić information content (AvgIpc) is 2.36. The van der Waals surface area contributed by atoms with Gasteiger partial charge in [0.15, 0.2) is 0 Å². The molecule has 1 aliphatic rings. The van der Waals surface area contributed by atoms with E-state index in [2.05, 4.69) is 5.32 Å². The molecule has 2 rings (SSSR count). The molecule has 0 aliphatic carbocycles. The van der Waals surface area contributed by atoms with Gasteiger partial charge in [0.1, 0.15) is 0 Å². The van der Waals surface area contributed by atoms with Gasteiger partial charge in [0.25, 0.3) is 0 Å². The summed E-state index contributed by atoms with van der Waals surface area (Å²) in [5.74, 6) is 0. The Labute approximate surface area is 120 Å². The molecule has 1 fully saturated rings. The minimum Gasteiger partial charge on any atom is -0.465 e. The van der Waals surface area contributed by atoms with Gasteiger partial charge >= 0.3 is 12.3 Å². The van der Waals surface area contributed by atoms with Crippen molar-refractivity contribution in [2.45, 2.75) is 31.5 Å². The number of alkyl halides is 3. The van der Waals surface area contributed by atoms with E-state index in [0.29, 0.717) is 25.2 Å². The van der Waals surface area contributed by atoms with Crippen LogP contribution in [0.15, 0.2) is 24.3 Å². The van der Waals surface area contributed by atoms with E-state index in [0.717, 1.165) is 18.6 Å². The summed E-state index contributed by atoms with van der Waals surface area (Å²) < 4.78 is 37.6. The van der Waals surface area contributed by atoms with Crippen LogP contribution in [-0.4, -0.2) is 29.8 Å². The molecule has 1 heterocycles. The fourth-order valence-electron chi connectivity index (χ4n) is 2.68. The number of halogens is 3. The van der Waals surface area contributed by atoms with Crippen molar-refractivity contribution in [1.82, 2.24) is 5.32 Å². The molecule has 0 bridgehead atoms. The molecule has 0 spiro atoms. The Hall–Kier alpha value is -1.92. The highest BCUT2D eigenvalue weighted by molar-refractivity contribution is 5.66. The normalized spacial score (nSPS) is 23.0. The highest BCUT2D eigenvalue weighted by Gasteiger charge is 2.33. The number of benzene rings is 1. The molecule has 1 atom stereocenters. The molecule has 21 heavy (non-hydrogen) atoms. The van der Waals surface area contributed by atoms with E-state index in [1.54, 1.807) is 6.92 Å². The lowest BCUT2D eigenvalue weighted by Crippen LogP contribution is -2.56. The Morgan fingerprint density at radius 1 is 1.33 bits per heavy atom. The molecular weight excluding hydrogens is 285 g/mol. The number of hydrogen-bond acceptors (Lipinski definition) is 2. The van der Waals surface area contributed by atoms with Crippen molar-refractivity contribution in [3.63, 3.8) is 0 Å². The lowest BCUT2D eigenvalue weighted by Gasteiger charge is -2.41. The van der Waals surface area contributed by atoms with Crippen LogP contribution in [-0.2, 0) is 6.18 Å². The van der Waals surface area contributed by atoms with Crippen molar-refractivity contribution in [2.24, 2.45) is 0 Å². The fourth-order valence-corrected chi connectivity index (χ4v) is 2.68. The van der Waals surface area contributed by atoms with E-state index in [9.17, 15) is 18.0 Å². The predicted octanol–water partition coefficient (Wildman–Crippen LogP) is 3.33. The Kier molecular flexibility index (Phi) is 4.02. The van der Waals surface area contributed by atoms with Crippen LogP contribution < -0.4 is 10.2 Å². The van der Waals surface area contributed by atoms with Crippen molar-refractivity contribution in [2.75, 3.05) is 18.0 Å². The maximum atomic E-state index is 12.5. The zero-order valence-electron chi connectivity index (χ0n) is 11.6. The third-order valence-corrected chi connectivity index (χ3v) is 3.66. The molecule has 116 valence electrons. The SMILES string of the molecule is CC1(NC(=O)O)CCCN(c2ccc(C(F)(F)F)cc2)C1. The molecule has 2 N–H and O–H groups in total. The topological polar surface area (TPSA) is 52.6 Å². The largest absolute Gasteiger partial charge is 0.465 e. The predicted molar refractivity (Wildman–Crippen MR) is 72.5 cm³/mol. The number of nitrogens with one attached hydrogen (secondary N) is 1. The van der Waals surface area contributed by atoms with Crippen LogP contribution >= 0.6 is 0 Å².